The first kappa shape index (κ1) is 10.6. The van der Waals surface area contributed by atoms with Gasteiger partial charge >= 0.3 is 5.97 Å². The number of carboxylic acid groups (broad SMARTS) is 1. The lowest BCUT2D eigenvalue weighted by Crippen LogP contribution is -2.22. The Morgan fingerprint density at radius 2 is 2.21 bits per heavy atom. The molecule has 0 saturated heterocycles. The van der Waals surface area contributed by atoms with Crippen LogP contribution in [0.1, 0.15) is 17.2 Å². The molecule has 1 rings (SSSR count). The maximum atomic E-state index is 13.1. The molecule has 0 heterocycles. The molecule has 0 spiro atoms. The normalized spacial score (nSPS) is 12.5. The first-order valence-electron chi connectivity index (χ1n) is 3.94. The van der Waals surface area contributed by atoms with Crippen LogP contribution in [0.5, 0.6) is 0 Å². The van der Waals surface area contributed by atoms with Crippen molar-refractivity contribution in [2.45, 2.75) is 12.6 Å². The highest BCUT2D eigenvalue weighted by Crippen LogP contribution is 2.19. The summed E-state index contributed by atoms with van der Waals surface area (Å²) in [4.78, 5) is 10.6. The molecule has 4 N–H and O–H groups in total. The largest absolute Gasteiger partial charge is 0.480 e. The van der Waals surface area contributed by atoms with E-state index in [9.17, 15) is 9.18 Å². The molecule has 0 aromatic heterocycles. The number of rotatable bonds is 3. The van der Waals surface area contributed by atoms with E-state index in [2.05, 4.69) is 0 Å². The topological polar surface area (TPSA) is 83.6 Å². The molecule has 4 nitrogen and oxygen atoms in total. The summed E-state index contributed by atoms with van der Waals surface area (Å²) in [6.45, 7) is -0.566. The molecule has 14 heavy (non-hydrogen) atoms. The van der Waals surface area contributed by atoms with Crippen LogP contribution in [-0.2, 0) is 11.4 Å². The third-order valence-electron chi connectivity index (χ3n) is 1.91. The van der Waals surface area contributed by atoms with E-state index >= 15 is 0 Å². The molecular formula is C9H10FNO3. The molecule has 0 fully saturated rings. The smallest absolute Gasteiger partial charge is 0.325 e. The summed E-state index contributed by atoms with van der Waals surface area (Å²) >= 11 is 0. The minimum absolute atomic E-state index is 0.0672. The predicted molar refractivity (Wildman–Crippen MR) is 46.9 cm³/mol. The first-order chi connectivity index (χ1) is 6.57. The number of carboxylic acids is 1. The molecule has 0 radical (unpaired) electrons. The Morgan fingerprint density at radius 1 is 1.57 bits per heavy atom. The minimum Gasteiger partial charge on any atom is -0.480 e. The van der Waals surface area contributed by atoms with E-state index in [1.165, 1.54) is 12.1 Å². The second kappa shape index (κ2) is 4.17. The average Bonchev–Trinajstić information content (AvgIpc) is 2.16. The number of hydrogen-bond donors (Lipinski definition) is 3. The number of hydrogen-bond acceptors (Lipinski definition) is 3. The second-order valence-corrected chi connectivity index (χ2v) is 2.78. The third-order valence-corrected chi connectivity index (χ3v) is 1.91. The zero-order chi connectivity index (χ0) is 10.7. The zero-order valence-electron chi connectivity index (χ0n) is 7.27. The van der Waals surface area contributed by atoms with Gasteiger partial charge in [0, 0.05) is 5.56 Å². The van der Waals surface area contributed by atoms with Gasteiger partial charge in [-0.05, 0) is 11.6 Å². The van der Waals surface area contributed by atoms with Gasteiger partial charge in [-0.15, -0.1) is 0 Å². The van der Waals surface area contributed by atoms with Gasteiger partial charge in [-0.1, -0.05) is 12.1 Å². The Hall–Kier alpha value is -1.46. The van der Waals surface area contributed by atoms with Crippen molar-refractivity contribution in [1.82, 2.24) is 0 Å². The van der Waals surface area contributed by atoms with Crippen LogP contribution >= 0.6 is 0 Å². The van der Waals surface area contributed by atoms with E-state index in [0.29, 0.717) is 0 Å². The Labute approximate surface area is 79.8 Å². The Balaban J connectivity index is 3.20. The Morgan fingerprint density at radius 3 is 2.71 bits per heavy atom. The fourth-order valence-corrected chi connectivity index (χ4v) is 1.17. The summed E-state index contributed by atoms with van der Waals surface area (Å²) in [5.74, 6) is -1.91. The highest BCUT2D eigenvalue weighted by atomic mass is 19.1. The fraction of sp³-hybridized carbons (Fsp3) is 0.222. The Kier molecular flexibility index (Phi) is 3.16. The summed E-state index contributed by atoms with van der Waals surface area (Å²) in [5, 5.41) is 17.5. The summed E-state index contributed by atoms with van der Waals surface area (Å²) in [6, 6.07) is 2.57. The number of aliphatic hydroxyl groups is 1. The number of halogens is 1. The summed E-state index contributed by atoms with van der Waals surface area (Å²) in [6.07, 6.45) is 0. The molecule has 0 bridgehead atoms. The van der Waals surface area contributed by atoms with Crippen LogP contribution in [0.15, 0.2) is 18.2 Å². The van der Waals surface area contributed by atoms with Gasteiger partial charge in [0.05, 0.1) is 6.61 Å². The van der Waals surface area contributed by atoms with Crippen LogP contribution in [0.3, 0.4) is 0 Å². The highest BCUT2D eigenvalue weighted by molar-refractivity contribution is 5.75. The van der Waals surface area contributed by atoms with E-state index in [0.717, 1.165) is 6.07 Å². The third kappa shape index (κ3) is 1.89. The number of benzene rings is 1. The van der Waals surface area contributed by atoms with Crippen molar-refractivity contribution < 1.29 is 19.4 Å². The lowest BCUT2D eigenvalue weighted by atomic mass is 10.0. The lowest BCUT2D eigenvalue weighted by Gasteiger charge is -2.11. The van der Waals surface area contributed by atoms with Gasteiger partial charge in [0.25, 0.3) is 0 Å². The SMILES string of the molecule is N[C@@H](C(=O)O)c1cccc(F)c1CO. The maximum Gasteiger partial charge on any atom is 0.325 e. The predicted octanol–water partition coefficient (Wildman–Crippen LogP) is 0.402. The van der Waals surface area contributed by atoms with Crippen LogP contribution in [0, 0.1) is 5.82 Å². The molecular weight excluding hydrogens is 189 g/mol. The maximum absolute atomic E-state index is 13.1. The molecule has 5 heteroatoms. The molecule has 1 atom stereocenters. The molecule has 0 aliphatic carbocycles. The van der Waals surface area contributed by atoms with Crippen molar-refractivity contribution in [1.29, 1.82) is 0 Å². The van der Waals surface area contributed by atoms with Crippen molar-refractivity contribution in [3.63, 3.8) is 0 Å². The van der Waals surface area contributed by atoms with Gasteiger partial charge in [0.15, 0.2) is 0 Å². The number of aliphatic hydroxyl groups excluding tert-OH is 1. The van der Waals surface area contributed by atoms with Crippen LogP contribution in [0.25, 0.3) is 0 Å². The van der Waals surface area contributed by atoms with Gasteiger partial charge in [0.1, 0.15) is 11.9 Å². The monoisotopic (exact) mass is 199 g/mol. The van der Waals surface area contributed by atoms with Crippen molar-refractivity contribution in [2.75, 3.05) is 0 Å². The lowest BCUT2D eigenvalue weighted by molar-refractivity contribution is -0.138. The zero-order valence-corrected chi connectivity index (χ0v) is 7.27. The van der Waals surface area contributed by atoms with Gasteiger partial charge in [-0.25, -0.2) is 4.39 Å². The second-order valence-electron chi connectivity index (χ2n) is 2.78. The molecule has 0 saturated carbocycles. The van der Waals surface area contributed by atoms with E-state index in [1.54, 1.807) is 0 Å². The van der Waals surface area contributed by atoms with Crippen LogP contribution in [-0.4, -0.2) is 16.2 Å². The van der Waals surface area contributed by atoms with Crippen LogP contribution in [0.4, 0.5) is 4.39 Å². The van der Waals surface area contributed by atoms with Gasteiger partial charge in [0.2, 0.25) is 0 Å². The van der Waals surface area contributed by atoms with Crippen molar-refractivity contribution in [2.24, 2.45) is 5.73 Å². The molecule has 0 aliphatic heterocycles. The summed E-state index contributed by atoms with van der Waals surface area (Å²) in [7, 11) is 0. The van der Waals surface area contributed by atoms with E-state index in [-0.39, 0.29) is 11.1 Å². The molecule has 1 aromatic rings. The summed E-state index contributed by atoms with van der Waals surface area (Å²) < 4.78 is 13.1. The Bertz CT molecular complexity index is 354. The van der Waals surface area contributed by atoms with Gasteiger partial charge < -0.3 is 15.9 Å². The number of nitrogens with two attached hydrogens (primary N) is 1. The minimum atomic E-state index is -1.31. The quantitative estimate of drug-likeness (QED) is 0.658. The summed E-state index contributed by atoms with van der Waals surface area (Å²) in [5.41, 5.74) is 5.34. The average molecular weight is 199 g/mol. The van der Waals surface area contributed by atoms with Crippen molar-refractivity contribution in [3.8, 4) is 0 Å². The number of carbonyl (C=O) groups is 1. The molecule has 76 valence electrons. The van der Waals surface area contributed by atoms with Crippen molar-refractivity contribution >= 4 is 5.97 Å². The molecule has 0 unspecified atom stereocenters. The number of aliphatic carboxylic acids is 1. The van der Waals surface area contributed by atoms with Crippen LogP contribution in [0.2, 0.25) is 0 Å². The first-order valence-corrected chi connectivity index (χ1v) is 3.94. The molecule has 0 aliphatic rings. The fourth-order valence-electron chi connectivity index (χ4n) is 1.17. The van der Waals surface area contributed by atoms with E-state index in [1.807, 2.05) is 0 Å². The van der Waals surface area contributed by atoms with Gasteiger partial charge in [-0.3, -0.25) is 4.79 Å². The highest BCUT2D eigenvalue weighted by Gasteiger charge is 2.19. The molecule has 1 aromatic carbocycles. The van der Waals surface area contributed by atoms with Gasteiger partial charge in [-0.2, -0.15) is 0 Å². The molecule has 0 amide bonds. The van der Waals surface area contributed by atoms with E-state index in [4.69, 9.17) is 15.9 Å². The van der Waals surface area contributed by atoms with Crippen molar-refractivity contribution in [3.05, 3.63) is 35.1 Å². The standard InChI is InChI=1S/C9H10FNO3/c10-7-3-1-2-5(6(7)4-12)8(11)9(13)14/h1-3,8,12H,4,11H2,(H,13,14)/t8-/m1/s1. The van der Waals surface area contributed by atoms with Crippen LogP contribution < -0.4 is 5.73 Å². The van der Waals surface area contributed by atoms with E-state index < -0.39 is 24.4 Å².